The summed E-state index contributed by atoms with van der Waals surface area (Å²) >= 11 is 0. The number of Topliss-reactive ketones (excluding diaryl/α,β-unsaturated/α-hetero) is 1. The third kappa shape index (κ3) is 3.38. The molecule has 0 spiro atoms. The van der Waals surface area contributed by atoms with Crippen LogP contribution in [0.3, 0.4) is 0 Å². The number of aromatic amines is 1. The maximum Gasteiger partial charge on any atom is 0.219 e. The number of rotatable bonds is 4. The molecule has 0 bridgehead atoms. The number of ketones is 1. The van der Waals surface area contributed by atoms with Gasteiger partial charge in [0, 0.05) is 55.8 Å². The molecule has 27 heavy (non-hydrogen) atoms. The largest absolute Gasteiger partial charge is 0.360 e. The van der Waals surface area contributed by atoms with Crippen LogP contribution in [0, 0.1) is 0 Å². The van der Waals surface area contributed by atoms with Crippen molar-refractivity contribution in [1.29, 1.82) is 0 Å². The predicted molar refractivity (Wildman–Crippen MR) is 106 cm³/mol. The molecule has 1 aliphatic rings. The van der Waals surface area contributed by atoms with Crippen LogP contribution >= 0.6 is 0 Å². The molecule has 0 aliphatic carbocycles. The van der Waals surface area contributed by atoms with Crippen molar-refractivity contribution < 1.29 is 9.59 Å². The number of benzene rings is 2. The molecule has 2 aromatic carbocycles. The van der Waals surface area contributed by atoms with Gasteiger partial charge in [-0.25, -0.2) is 0 Å². The Kier molecular flexibility index (Phi) is 4.77. The Morgan fingerprint density at radius 3 is 2.30 bits per heavy atom. The molecule has 1 amide bonds. The fraction of sp³-hybridized carbons (Fsp3) is 0.273. The van der Waals surface area contributed by atoms with Crippen molar-refractivity contribution >= 4 is 22.6 Å². The molecule has 1 saturated heterocycles. The number of nitrogens with one attached hydrogen (secondary N) is 1. The van der Waals surface area contributed by atoms with E-state index in [1.165, 1.54) is 0 Å². The maximum absolute atomic E-state index is 13.6. The molecule has 1 aromatic heterocycles. The minimum atomic E-state index is -0.348. The minimum Gasteiger partial charge on any atom is -0.360 e. The van der Waals surface area contributed by atoms with E-state index >= 15 is 0 Å². The van der Waals surface area contributed by atoms with Crippen molar-refractivity contribution in [3.63, 3.8) is 0 Å². The lowest BCUT2D eigenvalue weighted by atomic mass is 9.95. The Hall–Kier alpha value is -2.92. The Labute approximate surface area is 158 Å². The number of aromatic nitrogens is 1. The van der Waals surface area contributed by atoms with E-state index in [0.29, 0.717) is 31.7 Å². The first-order chi connectivity index (χ1) is 13.1. The second-order valence-corrected chi connectivity index (χ2v) is 6.97. The van der Waals surface area contributed by atoms with Gasteiger partial charge in [-0.3, -0.25) is 14.5 Å². The van der Waals surface area contributed by atoms with Gasteiger partial charge in [0.1, 0.15) is 0 Å². The van der Waals surface area contributed by atoms with Crippen LogP contribution in [-0.2, 0) is 4.79 Å². The molecular formula is C22H23N3O2. The Morgan fingerprint density at radius 1 is 0.926 bits per heavy atom. The number of H-pyrrole nitrogens is 1. The average molecular weight is 361 g/mol. The summed E-state index contributed by atoms with van der Waals surface area (Å²) in [4.78, 5) is 32.5. The van der Waals surface area contributed by atoms with Crippen LogP contribution in [0.15, 0.2) is 60.8 Å². The molecule has 2 heterocycles. The zero-order valence-corrected chi connectivity index (χ0v) is 15.4. The predicted octanol–water partition coefficient (Wildman–Crippen LogP) is 3.26. The van der Waals surface area contributed by atoms with Crippen molar-refractivity contribution in [2.75, 3.05) is 26.2 Å². The number of nitrogens with zero attached hydrogens (tertiary/aromatic N) is 2. The zero-order valence-electron chi connectivity index (χ0n) is 15.4. The third-order valence-corrected chi connectivity index (χ3v) is 5.34. The summed E-state index contributed by atoms with van der Waals surface area (Å²) in [7, 11) is 0. The van der Waals surface area contributed by atoms with E-state index in [1.807, 2.05) is 65.7 Å². The van der Waals surface area contributed by atoms with Gasteiger partial charge in [-0.15, -0.1) is 0 Å². The van der Waals surface area contributed by atoms with Gasteiger partial charge in [0.05, 0.1) is 6.04 Å². The van der Waals surface area contributed by atoms with Crippen molar-refractivity contribution in [2.45, 2.75) is 13.0 Å². The molecule has 1 fully saturated rings. The summed E-state index contributed by atoms with van der Waals surface area (Å²) in [5.41, 5.74) is 2.67. The van der Waals surface area contributed by atoms with Gasteiger partial charge in [-0.1, -0.05) is 48.5 Å². The van der Waals surface area contributed by atoms with Crippen molar-refractivity contribution in [3.05, 3.63) is 71.9 Å². The Balaban J connectivity index is 1.69. The van der Waals surface area contributed by atoms with Crippen LogP contribution in [0.1, 0.15) is 28.9 Å². The van der Waals surface area contributed by atoms with Crippen LogP contribution in [0.2, 0.25) is 0 Å². The first-order valence-electron chi connectivity index (χ1n) is 9.30. The lowest BCUT2D eigenvalue weighted by Gasteiger charge is -2.38. The topological polar surface area (TPSA) is 56.4 Å². The van der Waals surface area contributed by atoms with Crippen LogP contribution in [0.5, 0.6) is 0 Å². The van der Waals surface area contributed by atoms with Gasteiger partial charge < -0.3 is 9.88 Å². The Morgan fingerprint density at radius 2 is 1.59 bits per heavy atom. The highest BCUT2D eigenvalue weighted by atomic mass is 16.2. The molecule has 4 rings (SSSR count). The summed E-state index contributed by atoms with van der Waals surface area (Å²) in [5.74, 6) is 0.184. The fourth-order valence-corrected chi connectivity index (χ4v) is 3.88. The van der Waals surface area contributed by atoms with Crippen molar-refractivity contribution in [2.24, 2.45) is 0 Å². The van der Waals surface area contributed by atoms with Crippen LogP contribution in [0.25, 0.3) is 10.9 Å². The van der Waals surface area contributed by atoms with Gasteiger partial charge in [-0.05, 0) is 11.6 Å². The fourth-order valence-electron chi connectivity index (χ4n) is 3.88. The first-order valence-corrected chi connectivity index (χ1v) is 9.30. The second kappa shape index (κ2) is 7.37. The highest BCUT2D eigenvalue weighted by Crippen LogP contribution is 2.29. The van der Waals surface area contributed by atoms with Crippen LogP contribution < -0.4 is 0 Å². The second-order valence-electron chi connectivity index (χ2n) is 6.97. The minimum absolute atomic E-state index is 0.0915. The molecule has 1 N–H and O–H groups in total. The molecule has 5 heteroatoms. The molecule has 1 unspecified atom stereocenters. The molecule has 5 nitrogen and oxygen atoms in total. The van der Waals surface area contributed by atoms with Gasteiger partial charge in [0.15, 0.2) is 5.78 Å². The van der Waals surface area contributed by atoms with E-state index in [-0.39, 0.29) is 17.7 Å². The lowest BCUT2D eigenvalue weighted by molar-refractivity contribution is -0.130. The number of hydrogen-bond acceptors (Lipinski definition) is 3. The molecule has 3 aromatic rings. The number of amides is 1. The number of carbonyl (C=O) groups excluding carboxylic acids is 2. The monoisotopic (exact) mass is 361 g/mol. The smallest absolute Gasteiger partial charge is 0.219 e. The van der Waals surface area contributed by atoms with Crippen molar-refractivity contribution in [1.82, 2.24) is 14.8 Å². The third-order valence-electron chi connectivity index (χ3n) is 5.34. The number of fused-ring (bicyclic) bond motifs is 1. The molecule has 0 radical (unpaired) electrons. The molecular weight excluding hydrogens is 338 g/mol. The molecule has 138 valence electrons. The highest BCUT2D eigenvalue weighted by Gasteiger charge is 2.32. The van der Waals surface area contributed by atoms with Gasteiger partial charge in [0.2, 0.25) is 5.91 Å². The highest BCUT2D eigenvalue weighted by molar-refractivity contribution is 6.10. The van der Waals surface area contributed by atoms with Gasteiger partial charge >= 0.3 is 0 Å². The number of carbonyl (C=O) groups is 2. The van der Waals surface area contributed by atoms with Crippen molar-refractivity contribution in [3.8, 4) is 0 Å². The summed E-state index contributed by atoms with van der Waals surface area (Å²) in [6, 6.07) is 17.4. The van der Waals surface area contributed by atoms with Gasteiger partial charge in [0.25, 0.3) is 0 Å². The van der Waals surface area contributed by atoms with E-state index in [1.54, 1.807) is 6.92 Å². The standard InChI is InChI=1S/C22H23N3O2/c1-16(26)24-11-13-25(14-12-24)21(17-7-3-2-4-8-17)22(27)19-15-23-20-10-6-5-9-18(19)20/h2-10,15,21,23H,11-14H2,1H3. The summed E-state index contributed by atoms with van der Waals surface area (Å²) in [6.07, 6.45) is 1.81. The summed E-state index contributed by atoms with van der Waals surface area (Å²) in [5, 5.41) is 0.950. The molecule has 0 saturated carbocycles. The number of para-hydroxylation sites is 1. The van der Waals surface area contributed by atoms with E-state index in [2.05, 4.69) is 9.88 Å². The van der Waals surface area contributed by atoms with E-state index in [0.717, 1.165) is 16.5 Å². The average Bonchev–Trinajstić information content (AvgIpc) is 3.13. The van der Waals surface area contributed by atoms with Gasteiger partial charge in [-0.2, -0.15) is 0 Å². The first kappa shape index (κ1) is 17.5. The van der Waals surface area contributed by atoms with E-state index in [4.69, 9.17) is 0 Å². The normalized spacial score (nSPS) is 16.4. The van der Waals surface area contributed by atoms with E-state index in [9.17, 15) is 9.59 Å². The summed E-state index contributed by atoms with van der Waals surface area (Å²) < 4.78 is 0. The zero-order chi connectivity index (χ0) is 18.8. The maximum atomic E-state index is 13.6. The number of piperazine rings is 1. The lowest BCUT2D eigenvalue weighted by Crippen LogP contribution is -2.50. The van der Waals surface area contributed by atoms with Crippen LogP contribution in [-0.4, -0.2) is 52.7 Å². The molecule has 1 aliphatic heterocycles. The Bertz CT molecular complexity index is 956. The summed E-state index contributed by atoms with van der Waals surface area (Å²) in [6.45, 7) is 4.28. The quantitative estimate of drug-likeness (QED) is 0.726. The number of hydrogen-bond donors (Lipinski definition) is 1. The molecule has 1 atom stereocenters. The van der Waals surface area contributed by atoms with E-state index < -0.39 is 0 Å². The van der Waals surface area contributed by atoms with Crippen LogP contribution in [0.4, 0.5) is 0 Å². The SMILES string of the molecule is CC(=O)N1CCN(C(C(=O)c2c[nH]c3ccccc23)c2ccccc2)CC1.